The minimum Gasteiger partial charge on any atom is -0.375 e. The Morgan fingerprint density at radius 3 is 2.94 bits per heavy atom. The van der Waals surface area contributed by atoms with Crippen molar-refractivity contribution in [3.8, 4) is 0 Å². The molecule has 4 heteroatoms. The van der Waals surface area contributed by atoms with Gasteiger partial charge in [-0.2, -0.15) is 0 Å². The number of aryl methyl sites for hydroxylation is 1. The van der Waals surface area contributed by atoms with Crippen LogP contribution in [0.25, 0.3) is 0 Å². The van der Waals surface area contributed by atoms with Gasteiger partial charge in [-0.15, -0.1) is 11.3 Å². The quantitative estimate of drug-likeness (QED) is 0.626. The van der Waals surface area contributed by atoms with Crippen LogP contribution in [0.2, 0.25) is 0 Å². The number of hydrogen-bond donors (Lipinski definition) is 2. The molecule has 2 fully saturated rings. The van der Waals surface area contributed by atoms with E-state index in [9.17, 15) is 0 Å². The van der Waals surface area contributed by atoms with Gasteiger partial charge in [0.15, 0.2) is 0 Å². The molecule has 2 aliphatic rings. The number of fused-ring (bicyclic) bond motifs is 2. The summed E-state index contributed by atoms with van der Waals surface area (Å²) in [6.07, 6.45) is 4.52. The lowest BCUT2D eigenvalue weighted by Crippen LogP contribution is -2.37. The van der Waals surface area contributed by atoms with Crippen molar-refractivity contribution in [3.05, 3.63) is 21.9 Å². The van der Waals surface area contributed by atoms with E-state index in [1.165, 1.54) is 23.3 Å². The van der Waals surface area contributed by atoms with Crippen LogP contribution in [-0.4, -0.2) is 12.2 Å². The van der Waals surface area contributed by atoms with Crippen molar-refractivity contribution >= 4 is 11.3 Å². The molecule has 0 radical (unpaired) electrons. The average molecular weight is 238 g/mol. The van der Waals surface area contributed by atoms with E-state index in [1.54, 1.807) is 11.3 Å². The Kier molecular flexibility index (Phi) is 2.75. The van der Waals surface area contributed by atoms with Gasteiger partial charge in [-0.3, -0.25) is 11.3 Å². The Bertz CT molecular complexity index is 379. The van der Waals surface area contributed by atoms with Crippen LogP contribution in [0.4, 0.5) is 0 Å². The zero-order valence-corrected chi connectivity index (χ0v) is 10.3. The third-order valence-corrected chi connectivity index (χ3v) is 5.05. The van der Waals surface area contributed by atoms with E-state index in [0.717, 1.165) is 6.42 Å². The van der Waals surface area contributed by atoms with Gasteiger partial charge in [0.1, 0.15) is 0 Å². The second kappa shape index (κ2) is 4.11. The van der Waals surface area contributed by atoms with Crippen LogP contribution in [0.3, 0.4) is 0 Å². The molecule has 4 unspecified atom stereocenters. The summed E-state index contributed by atoms with van der Waals surface area (Å²) in [6, 6.07) is 2.44. The average Bonchev–Trinajstić information content (AvgIpc) is 2.97. The fourth-order valence-corrected chi connectivity index (χ4v) is 4.19. The zero-order chi connectivity index (χ0) is 11.1. The van der Waals surface area contributed by atoms with Crippen molar-refractivity contribution < 1.29 is 4.74 Å². The summed E-state index contributed by atoms with van der Waals surface area (Å²) in [5.41, 5.74) is 4.35. The standard InChI is InChI=1S/C12H18N2OS/c1-7-4-5-16-12(7)11(14-13)9-6-8-2-3-10(9)15-8/h4-5,8-11,14H,2-3,6,13H2,1H3. The van der Waals surface area contributed by atoms with Crippen molar-refractivity contribution in [1.29, 1.82) is 0 Å². The van der Waals surface area contributed by atoms with E-state index in [4.69, 9.17) is 10.6 Å². The third-order valence-electron chi connectivity index (χ3n) is 3.94. The molecule has 16 heavy (non-hydrogen) atoms. The first-order chi connectivity index (χ1) is 7.79. The second-order valence-corrected chi connectivity index (χ2v) is 5.83. The molecule has 3 heterocycles. The van der Waals surface area contributed by atoms with Crippen LogP contribution < -0.4 is 11.3 Å². The maximum Gasteiger partial charge on any atom is 0.0628 e. The van der Waals surface area contributed by atoms with E-state index < -0.39 is 0 Å². The van der Waals surface area contributed by atoms with Crippen LogP contribution in [0, 0.1) is 12.8 Å². The Labute approximate surface area is 100.0 Å². The van der Waals surface area contributed by atoms with Gasteiger partial charge in [0.2, 0.25) is 0 Å². The molecule has 1 aromatic heterocycles. The number of ether oxygens (including phenoxy) is 1. The van der Waals surface area contributed by atoms with Crippen LogP contribution in [0.5, 0.6) is 0 Å². The molecule has 3 rings (SSSR count). The molecule has 2 bridgehead atoms. The van der Waals surface area contributed by atoms with Crippen LogP contribution >= 0.6 is 11.3 Å². The lowest BCUT2D eigenvalue weighted by atomic mass is 9.83. The Hall–Kier alpha value is -0.420. The highest BCUT2D eigenvalue weighted by molar-refractivity contribution is 7.10. The molecule has 0 aromatic carbocycles. The van der Waals surface area contributed by atoms with Crippen molar-refractivity contribution in [2.24, 2.45) is 11.8 Å². The van der Waals surface area contributed by atoms with E-state index >= 15 is 0 Å². The summed E-state index contributed by atoms with van der Waals surface area (Å²) in [7, 11) is 0. The van der Waals surface area contributed by atoms with Gasteiger partial charge in [-0.25, -0.2) is 0 Å². The molecule has 88 valence electrons. The highest BCUT2D eigenvalue weighted by Crippen LogP contribution is 2.45. The first-order valence-corrected chi connectivity index (χ1v) is 6.83. The predicted molar refractivity (Wildman–Crippen MR) is 65.1 cm³/mol. The van der Waals surface area contributed by atoms with Crippen LogP contribution in [0.1, 0.15) is 35.7 Å². The Morgan fingerprint density at radius 1 is 1.56 bits per heavy atom. The van der Waals surface area contributed by atoms with Gasteiger partial charge in [0.25, 0.3) is 0 Å². The molecule has 2 aliphatic heterocycles. The summed E-state index contributed by atoms with van der Waals surface area (Å²) in [6.45, 7) is 2.16. The SMILES string of the molecule is Cc1ccsc1C(NN)C1CC2CCC1O2. The van der Waals surface area contributed by atoms with Gasteiger partial charge < -0.3 is 4.74 Å². The molecule has 1 aromatic rings. The van der Waals surface area contributed by atoms with E-state index in [0.29, 0.717) is 18.1 Å². The van der Waals surface area contributed by atoms with Gasteiger partial charge in [0.05, 0.1) is 18.2 Å². The van der Waals surface area contributed by atoms with Crippen molar-refractivity contribution in [1.82, 2.24) is 5.43 Å². The monoisotopic (exact) mass is 238 g/mol. The van der Waals surface area contributed by atoms with Gasteiger partial charge in [-0.05, 0) is 43.2 Å². The van der Waals surface area contributed by atoms with Gasteiger partial charge in [-0.1, -0.05) is 0 Å². The normalized spacial score (nSPS) is 34.5. The fraction of sp³-hybridized carbons (Fsp3) is 0.667. The molecular weight excluding hydrogens is 220 g/mol. The number of hydrogen-bond acceptors (Lipinski definition) is 4. The molecule has 3 nitrogen and oxygen atoms in total. The largest absolute Gasteiger partial charge is 0.375 e. The summed E-state index contributed by atoms with van der Waals surface area (Å²) in [4.78, 5) is 1.38. The van der Waals surface area contributed by atoms with Crippen molar-refractivity contribution in [2.45, 2.75) is 44.4 Å². The van der Waals surface area contributed by atoms with E-state index in [1.807, 2.05) is 0 Å². The lowest BCUT2D eigenvalue weighted by molar-refractivity contribution is 0.0859. The molecule has 4 atom stereocenters. The second-order valence-electron chi connectivity index (χ2n) is 4.89. The topological polar surface area (TPSA) is 47.3 Å². The highest BCUT2D eigenvalue weighted by atomic mass is 32.1. The molecule has 0 spiro atoms. The lowest BCUT2D eigenvalue weighted by Gasteiger charge is -2.27. The molecule has 0 amide bonds. The van der Waals surface area contributed by atoms with Crippen LogP contribution in [-0.2, 0) is 4.74 Å². The van der Waals surface area contributed by atoms with Gasteiger partial charge in [0, 0.05) is 10.8 Å². The summed E-state index contributed by atoms with van der Waals surface area (Å²) >= 11 is 1.80. The van der Waals surface area contributed by atoms with E-state index in [2.05, 4.69) is 23.8 Å². The number of nitrogens with two attached hydrogens (primary N) is 1. The number of thiophene rings is 1. The van der Waals surface area contributed by atoms with E-state index in [-0.39, 0.29) is 6.04 Å². The first kappa shape index (κ1) is 10.7. The number of nitrogens with one attached hydrogen (secondary N) is 1. The number of hydrazine groups is 1. The Morgan fingerprint density at radius 2 is 2.44 bits per heavy atom. The first-order valence-electron chi connectivity index (χ1n) is 5.95. The molecule has 0 saturated carbocycles. The molecule has 0 aliphatic carbocycles. The molecule has 2 saturated heterocycles. The van der Waals surface area contributed by atoms with Gasteiger partial charge >= 0.3 is 0 Å². The smallest absolute Gasteiger partial charge is 0.0628 e. The van der Waals surface area contributed by atoms with Crippen molar-refractivity contribution in [3.63, 3.8) is 0 Å². The minimum atomic E-state index is 0.273. The highest BCUT2D eigenvalue weighted by Gasteiger charge is 2.45. The zero-order valence-electron chi connectivity index (χ0n) is 9.48. The maximum absolute atomic E-state index is 5.91. The van der Waals surface area contributed by atoms with Crippen molar-refractivity contribution in [2.75, 3.05) is 0 Å². The summed E-state index contributed by atoms with van der Waals surface area (Å²) in [5, 5.41) is 2.14. The fourth-order valence-electron chi connectivity index (χ4n) is 3.12. The molecular formula is C12H18N2OS. The third kappa shape index (κ3) is 1.61. The number of rotatable bonds is 3. The summed E-state index contributed by atoms with van der Waals surface area (Å²) in [5.74, 6) is 6.30. The maximum atomic E-state index is 5.91. The Balaban J connectivity index is 1.84. The predicted octanol–water partition coefficient (Wildman–Crippen LogP) is 2.13. The minimum absolute atomic E-state index is 0.273. The summed E-state index contributed by atoms with van der Waals surface area (Å²) < 4.78 is 5.91. The van der Waals surface area contributed by atoms with Crippen LogP contribution in [0.15, 0.2) is 11.4 Å². The molecule has 3 N–H and O–H groups in total.